The first-order chi connectivity index (χ1) is 6.81. The van der Waals surface area contributed by atoms with Crippen LogP contribution in [0.1, 0.15) is 26.2 Å². The van der Waals surface area contributed by atoms with Crippen LogP contribution in [0.2, 0.25) is 0 Å². The molecular weight excluding hydrogens is 182 g/mol. The molecule has 0 atom stereocenters. The summed E-state index contributed by atoms with van der Waals surface area (Å²) in [4.78, 5) is 13.6. The predicted octanol–water partition coefficient (Wildman–Crippen LogP) is 1.79. The Morgan fingerprint density at radius 1 is 1.36 bits per heavy atom. The summed E-state index contributed by atoms with van der Waals surface area (Å²) < 4.78 is 0. The molecule has 14 heavy (non-hydrogen) atoms. The zero-order chi connectivity index (χ0) is 10.6. The highest BCUT2D eigenvalue weighted by Gasteiger charge is 1.96. The summed E-state index contributed by atoms with van der Waals surface area (Å²) in [5.74, 6) is 0. The van der Waals surface area contributed by atoms with E-state index in [1.807, 2.05) is 0 Å². The van der Waals surface area contributed by atoms with Crippen LogP contribution in [0.3, 0.4) is 0 Å². The van der Waals surface area contributed by atoms with Gasteiger partial charge in [-0.1, -0.05) is 18.5 Å². The van der Waals surface area contributed by atoms with E-state index in [0.717, 1.165) is 12.8 Å². The lowest BCUT2D eigenvalue weighted by atomic mass is 10.3. The van der Waals surface area contributed by atoms with E-state index in [-0.39, 0.29) is 6.03 Å². The van der Waals surface area contributed by atoms with Crippen LogP contribution in [0.4, 0.5) is 4.79 Å². The third-order valence-corrected chi connectivity index (χ3v) is 1.60. The summed E-state index contributed by atoms with van der Waals surface area (Å²) in [5.41, 5.74) is 7.98. The van der Waals surface area contributed by atoms with Gasteiger partial charge in [0.05, 0.1) is 0 Å². The van der Waals surface area contributed by atoms with Gasteiger partial charge in [-0.05, 0) is 18.4 Å². The van der Waals surface area contributed by atoms with Crippen LogP contribution >= 0.6 is 0 Å². The number of hydrogen-bond acceptors (Lipinski definition) is 2. The minimum absolute atomic E-state index is 0.153. The first kappa shape index (κ1) is 12.6. The van der Waals surface area contributed by atoms with Gasteiger partial charge in [-0.2, -0.15) is 0 Å². The second-order valence-corrected chi connectivity index (χ2v) is 2.84. The number of carbonyl (C=O) groups is 1. The standard InChI is InChI=1S/C8H17N5O/c1-2-3-5-10-8(14)11-6-4-7-12-13-9/h2-7H2,1H3,(H2,10,11,14). The molecule has 0 aromatic rings. The Balaban J connectivity index is 3.22. The Labute approximate surface area is 83.7 Å². The third kappa shape index (κ3) is 8.67. The molecule has 2 N–H and O–H groups in total. The van der Waals surface area contributed by atoms with Gasteiger partial charge >= 0.3 is 6.03 Å². The van der Waals surface area contributed by atoms with E-state index in [9.17, 15) is 4.79 Å². The quantitative estimate of drug-likeness (QED) is 0.278. The van der Waals surface area contributed by atoms with Crippen LogP contribution in [0.25, 0.3) is 10.4 Å². The van der Waals surface area contributed by atoms with Crippen molar-refractivity contribution >= 4 is 6.03 Å². The van der Waals surface area contributed by atoms with Crippen LogP contribution in [0.5, 0.6) is 0 Å². The maximum Gasteiger partial charge on any atom is 0.314 e. The van der Waals surface area contributed by atoms with Gasteiger partial charge in [-0.3, -0.25) is 0 Å². The summed E-state index contributed by atoms with van der Waals surface area (Å²) in [6, 6.07) is -0.153. The van der Waals surface area contributed by atoms with Crippen LogP contribution in [-0.2, 0) is 0 Å². The summed E-state index contributed by atoms with van der Waals surface area (Å²) in [5, 5.41) is 8.74. The maximum atomic E-state index is 11.0. The fourth-order valence-electron chi connectivity index (χ4n) is 0.838. The minimum Gasteiger partial charge on any atom is -0.338 e. The van der Waals surface area contributed by atoms with Crippen molar-refractivity contribution in [3.63, 3.8) is 0 Å². The van der Waals surface area contributed by atoms with Crippen molar-refractivity contribution in [2.45, 2.75) is 26.2 Å². The zero-order valence-electron chi connectivity index (χ0n) is 8.49. The molecule has 2 amide bonds. The number of nitrogens with one attached hydrogen (secondary N) is 2. The predicted molar refractivity (Wildman–Crippen MR) is 54.9 cm³/mol. The molecule has 0 saturated carbocycles. The molecule has 0 heterocycles. The highest BCUT2D eigenvalue weighted by molar-refractivity contribution is 5.73. The Hall–Kier alpha value is -1.42. The van der Waals surface area contributed by atoms with Crippen LogP contribution in [0.15, 0.2) is 5.11 Å². The zero-order valence-corrected chi connectivity index (χ0v) is 8.49. The molecule has 6 nitrogen and oxygen atoms in total. The lowest BCUT2D eigenvalue weighted by molar-refractivity contribution is 0.240. The van der Waals surface area contributed by atoms with Gasteiger partial charge in [0.15, 0.2) is 0 Å². The fraction of sp³-hybridized carbons (Fsp3) is 0.875. The van der Waals surface area contributed by atoms with E-state index in [2.05, 4.69) is 27.6 Å². The van der Waals surface area contributed by atoms with Crippen molar-refractivity contribution in [3.8, 4) is 0 Å². The topological polar surface area (TPSA) is 89.9 Å². The molecule has 0 aliphatic carbocycles. The number of nitrogens with zero attached hydrogens (tertiary/aromatic N) is 3. The normalized spacial score (nSPS) is 8.93. The van der Waals surface area contributed by atoms with Crippen molar-refractivity contribution in [3.05, 3.63) is 10.4 Å². The van der Waals surface area contributed by atoms with E-state index in [4.69, 9.17) is 5.53 Å². The van der Waals surface area contributed by atoms with E-state index in [1.54, 1.807) is 0 Å². The van der Waals surface area contributed by atoms with Gasteiger partial charge in [-0.15, -0.1) is 0 Å². The summed E-state index contributed by atoms with van der Waals surface area (Å²) in [6.07, 6.45) is 2.73. The molecule has 0 unspecified atom stereocenters. The number of amides is 2. The molecule has 6 heteroatoms. The Morgan fingerprint density at radius 2 is 2.00 bits per heavy atom. The fourth-order valence-corrected chi connectivity index (χ4v) is 0.838. The number of azide groups is 1. The molecule has 0 saturated heterocycles. The van der Waals surface area contributed by atoms with E-state index >= 15 is 0 Å². The van der Waals surface area contributed by atoms with Crippen LogP contribution in [-0.4, -0.2) is 25.7 Å². The Bertz CT molecular complexity index is 200. The summed E-state index contributed by atoms with van der Waals surface area (Å²) >= 11 is 0. The number of carbonyl (C=O) groups excluding carboxylic acids is 1. The van der Waals surface area contributed by atoms with Gasteiger partial charge in [0, 0.05) is 24.5 Å². The lowest BCUT2D eigenvalue weighted by Crippen LogP contribution is -2.36. The molecule has 0 aliphatic heterocycles. The van der Waals surface area contributed by atoms with Gasteiger partial charge in [0.1, 0.15) is 0 Å². The molecule has 0 aromatic heterocycles. The largest absolute Gasteiger partial charge is 0.338 e. The summed E-state index contributed by atoms with van der Waals surface area (Å²) in [7, 11) is 0. The molecule has 0 rings (SSSR count). The number of hydrogen-bond donors (Lipinski definition) is 2. The maximum absolute atomic E-state index is 11.0. The monoisotopic (exact) mass is 199 g/mol. The molecular formula is C8H17N5O. The molecule has 0 fully saturated rings. The molecule has 80 valence electrons. The van der Waals surface area contributed by atoms with Gasteiger partial charge in [0.25, 0.3) is 0 Å². The number of urea groups is 1. The molecule has 0 bridgehead atoms. The SMILES string of the molecule is CCCCNC(=O)NCCCN=[N+]=[N-]. The average molecular weight is 199 g/mol. The van der Waals surface area contributed by atoms with Gasteiger partial charge in [-0.25, -0.2) is 4.79 Å². The second kappa shape index (κ2) is 9.67. The lowest BCUT2D eigenvalue weighted by Gasteiger charge is -2.05. The van der Waals surface area contributed by atoms with Crippen LogP contribution in [0, 0.1) is 0 Å². The van der Waals surface area contributed by atoms with Crippen molar-refractivity contribution in [2.75, 3.05) is 19.6 Å². The number of unbranched alkanes of at least 4 members (excludes halogenated alkanes) is 1. The highest BCUT2D eigenvalue weighted by atomic mass is 16.2. The number of rotatable bonds is 7. The Kier molecular flexibility index (Phi) is 8.69. The molecule has 0 radical (unpaired) electrons. The minimum atomic E-state index is -0.153. The molecule has 0 aromatic carbocycles. The first-order valence-corrected chi connectivity index (χ1v) is 4.83. The van der Waals surface area contributed by atoms with Crippen molar-refractivity contribution in [1.82, 2.24) is 10.6 Å². The second-order valence-electron chi connectivity index (χ2n) is 2.84. The molecule has 0 aliphatic rings. The van der Waals surface area contributed by atoms with Crippen molar-refractivity contribution in [1.29, 1.82) is 0 Å². The summed E-state index contributed by atoms with van der Waals surface area (Å²) in [6.45, 7) is 3.74. The van der Waals surface area contributed by atoms with Gasteiger partial charge < -0.3 is 10.6 Å². The van der Waals surface area contributed by atoms with Crippen molar-refractivity contribution in [2.24, 2.45) is 5.11 Å². The van der Waals surface area contributed by atoms with Crippen molar-refractivity contribution < 1.29 is 4.79 Å². The first-order valence-electron chi connectivity index (χ1n) is 4.83. The third-order valence-electron chi connectivity index (χ3n) is 1.60. The average Bonchev–Trinajstić information content (AvgIpc) is 2.18. The Morgan fingerprint density at radius 3 is 2.57 bits per heavy atom. The van der Waals surface area contributed by atoms with E-state index in [1.165, 1.54) is 0 Å². The molecule has 0 spiro atoms. The highest BCUT2D eigenvalue weighted by Crippen LogP contribution is 1.83. The van der Waals surface area contributed by atoms with E-state index in [0.29, 0.717) is 26.1 Å². The van der Waals surface area contributed by atoms with Gasteiger partial charge in [0.2, 0.25) is 0 Å². The smallest absolute Gasteiger partial charge is 0.314 e. The van der Waals surface area contributed by atoms with Crippen LogP contribution < -0.4 is 10.6 Å². The van der Waals surface area contributed by atoms with E-state index < -0.39 is 0 Å².